The standard InChI is InChI=1S/C19H25N3O3/c1-14(23)19(25)22-11-9-21(10-12-22)18(24)8-4-5-15-13-20-17-7-3-2-6-16(15)17/h2-3,6-7,13-14,20,23H,4-5,8-12H2,1H3. The lowest BCUT2D eigenvalue weighted by Gasteiger charge is -2.35. The van der Waals surface area contributed by atoms with Crippen molar-refractivity contribution >= 4 is 22.7 Å². The molecule has 134 valence electrons. The van der Waals surface area contributed by atoms with Gasteiger partial charge in [0.1, 0.15) is 6.10 Å². The first-order valence-corrected chi connectivity index (χ1v) is 8.86. The van der Waals surface area contributed by atoms with Crippen LogP contribution in [0, 0.1) is 0 Å². The molecule has 25 heavy (non-hydrogen) atoms. The number of H-pyrrole nitrogens is 1. The van der Waals surface area contributed by atoms with Gasteiger partial charge in [-0.05, 0) is 31.4 Å². The fraction of sp³-hybridized carbons (Fsp3) is 0.474. The fourth-order valence-corrected chi connectivity index (χ4v) is 3.37. The van der Waals surface area contributed by atoms with Crippen LogP contribution in [-0.2, 0) is 16.0 Å². The van der Waals surface area contributed by atoms with Crippen molar-refractivity contribution in [3.05, 3.63) is 36.0 Å². The van der Waals surface area contributed by atoms with Crippen LogP contribution in [0.2, 0.25) is 0 Å². The highest BCUT2D eigenvalue weighted by Gasteiger charge is 2.25. The van der Waals surface area contributed by atoms with Gasteiger partial charge in [-0.3, -0.25) is 9.59 Å². The van der Waals surface area contributed by atoms with Crippen molar-refractivity contribution in [1.29, 1.82) is 0 Å². The number of hydrogen-bond donors (Lipinski definition) is 2. The van der Waals surface area contributed by atoms with Crippen molar-refractivity contribution in [2.24, 2.45) is 0 Å². The second-order valence-electron chi connectivity index (χ2n) is 6.60. The molecular formula is C19H25N3O3. The number of aromatic nitrogens is 1. The lowest BCUT2D eigenvalue weighted by atomic mass is 10.1. The Kier molecular flexibility index (Phi) is 5.38. The van der Waals surface area contributed by atoms with E-state index >= 15 is 0 Å². The molecule has 6 heteroatoms. The van der Waals surface area contributed by atoms with Crippen molar-refractivity contribution in [2.45, 2.75) is 32.3 Å². The van der Waals surface area contributed by atoms with E-state index in [0.717, 1.165) is 18.4 Å². The van der Waals surface area contributed by atoms with Crippen LogP contribution in [0.15, 0.2) is 30.5 Å². The number of aliphatic hydroxyl groups excluding tert-OH is 1. The van der Waals surface area contributed by atoms with Crippen molar-refractivity contribution < 1.29 is 14.7 Å². The average molecular weight is 343 g/mol. The number of para-hydroxylation sites is 1. The van der Waals surface area contributed by atoms with Gasteiger partial charge in [-0.2, -0.15) is 0 Å². The molecule has 2 heterocycles. The number of hydrogen-bond acceptors (Lipinski definition) is 3. The fourth-order valence-electron chi connectivity index (χ4n) is 3.37. The number of piperazine rings is 1. The molecule has 1 fully saturated rings. The van der Waals surface area contributed by atoms with Crippen molar-refractivity contribution in [3.8, 4) is 0 Å². The number of aliphatic hydroxyl groups is 1. The van der Waals surface area contributed by atoms with E-state index in [1.807, 2.05) is 23.2 Å². The molecule has 2 N–H and O–H groups in total. The summed E-state index contributed by atoms with van der Waals surface area (Å²) < 4.78 is 0. The molecule has 1 unspecified atom stereocenters. The van der Waals surface area contributed by atoms with Gasteiger partial charge in [0.05, 0.1) is 0 Å². The lowest BCUT2D eigenvalue weighted by Crippen LogP contribution is -2.52. The van der Waals surface area contributed by atoms with Gasteiger partial charge in [0.25, 0.3) is 5.91 Å². The molecule has 1 aromatic carbocycles. The normalized spacial score (nSPS) is 16.2. The van der Waals surface area contributed by atoms with Crippen LogP contribution < -0.4 is 0 Å². The number of carbonyl (C=O) groups is 2. The lowest BCUT2D eigenvalue weighted by molar-refractivity contribution is -0.144. The van der Waals surface area contributed by atoms with Crippen LogP contribution in [0.25, 0.3) is 10.9 Å². The molecule has 1 aliphatic heterocycles. The van der Waals surface area contributed by atoms with Gasteiger partial charge in [-0.25, -0.2) is 0 Å². The Morgan fingerprint density at radius 1 is 1.16 bits per heavy atom. The molecule has 0 saturated carbocycles. The first-order chi connectivity index (χ1) is 12.1. The Labute approximate surface area is 147 Å². The van der Waals surface area contributed by atoms with Crippen LogP contribution in [-0.4, -0.2) is 64.0 Å². The minimum atomic E-state index is -0.974. The minimum Gasteiger partial charge on any atom is -0.384 e. The van der Waals surface area contributed by atoms with E-state index in [1.165, 1.54) is 17.9 Å². The molecule has 0 spiro atoms. The maximum absolute atomic E-state index is 12.4. The summed E-state index contributed by atoms with van der Waals surface area (Å²) in [5, 5.41) is 10.6. The van der Waals surface area contributed by atoms with E-state index in [0.29, 0.717) is 32.6 Å². The second kappa shape index (κ2) is 7.70. The SMILES string of the molecule is CC(O)C(=O)N1CCN(C(=O)CCCc2c[nH]c3ccccc23)CC1. The quantitative estimate of drug-likeness (QED) is 0.865. The van der Waals surface area contributed by atoms with Gasteiger partial charge in [0, 0.05) is 49.7 Å². The number of nitrogens with one attached hydrogen (secondary N) is 1. The number of amides is 2. The third kappa shape index (κ3) is 4.02. The Balaban J connectivity index is 1.45. The number of benzene rings is 1. The van der Waals surface area contributed by atoms with Crippen LogP contribution >= 0.6 is 0 Å². The Morgan fingerprint density at radius 3 is 2.56 bits per heavy atom. The molecule has 2 amide bonds. The number of aromatic amines is 1. The maximum Gasteiger partial charge on any atom is 0.251 e. The summed E-state index contributed by atoms with van der Waals surface area (Å²) in [7, 11) is 0. The molecule has 0 radical (unpaired) electrons. The van der Waals surface area contributed by atoms with Crippen molar-refractivity contribution in [3.63, 3.8) is 0 Å². The van der Waals surface area contributed by atoms with Gasteiger partial charge < -0.3 is 19.9 Å². The Hall–Kier alpha value is -2.34. The van der Waals surface area contributed by atoms with E-state index in [-0.39, 0.29) is 11.8 Å². The molecule has 1 aromatic heterocycles. The van der Waals surface area contributed by atoms with Gasteiger partial charge in [-0.15, -0.1) is 0 Å². The molecule has 0 aliphatic carbocycles. The predicted octanol–water partition coefficient (Wildman–Crippen LogP) is 1.54. The molecule has 6 nitrogen and oxygen atoms in total. The summed E-state index contributed by atoms with van der Waals surface area (Å²) in [4.78, 5) is 30.8. The summed E-state index contributed by atoms with van der Waals surface area (Å²) in [6, 6.07) is 8.19. The zero-order valence-corrected chi connectivity index (χ0v) is 14.6. The van der Waals surface area contributed by atoms with E-state index in [2.05, 4.69) is 17.1 Å². The van der Waals surface area contributed by atoms with E-state index < -0.39 is 6.10 Å². The van der Waals surface area contributed by atoms with Crippen LogP contribution in [0.1, 0.15) is 25.3 Å². The largest absolute Gasteiger partial charge is 0.384 e. The third-order valence-electron chi connectivity index (χ3n) is 4.81. The highest BCUT2D eigenvalue weighted by atomic mass is 16.3. The summed E-state index contributed by atoms with van der Waals surface area (Å²) in [6.45, 7) is 3.56. The molecule has 1 atom stereocenters. The maximum atomic E-state index is 12.4. The zero-order valence-electron chi connectivity index (χ0n) is 14.6. The monoisotopic (exact) mass is 343 g/mol. The van der Waals surface area contributed by atoms with Gasteiger partial charge in [0.15, 0.2) is 0 Å². The molecular weight excluding hydrogens is 318 g/mol. The number of nitrogens with zero attached hydrogens (tertiary/aromatic N) is 2. The summed E-state index contributed by atoms with van der Waals surface area (Å²) >= 11 is 0. The highest BCUT2D eigenvalue weighted by molar-refractivity contribution is 5.83. The molecule has 2 aromatic rings. The van der Waals surface area contributed by atoms with Crippen LogP contribution in [0.5, 0.6) is 0 Å². The van der Waals surface area contributed by atoms with Crippen molar-refractivity contribution in [1.82, 2.24) is 14.8 Å². The van der Waals surface area contributed by atoms with Crippen LogP contribution in [0.3, 0.4) is 0 Å². The Morgan fingerprint density at radius 2 is 1.84 bits per heavy atom. The van der Waals surface area contributed by atoms with Gasteiger partial charge >= 0.3 is 0 Å². The Bertz CT molecular complexity index is 745. The molecule has 0 bridgehead atoms. The van der Waals surface area contributed by atoms with Gasteiger partial charge in [0.2, 0.25) is 5.91 Å². The summed E-state index contributed by atoms with van der Waals surface area (Å²) in [5.41, 5.74) is 2.37. The summed E-state index contributed by atoms with van der Waals surface area (Å²) in [5.74, 6) is -0.115. The average Bonchev–Trinajstić information content (AvgIpc) is 3.04. The molecule has 1 saturated heterocycles. The van der Waals surface area contributed by atoms with E-state index in [9.17, 15) is 14.7 Å². The summed E-state index contributed by atoms with van der Waals surface area (Å²) in [6.07, 6.45) is 3.25. The first kappa shape index (κ1) is 17.5. The number of fused-ring (bicyclic) bond motifs is 1. The molecule has 1 aliphatic rings. The predicted molar refractivity (Wildman–Crippen MR) is 96.1 cm³/mol. The third-order valence-corrected chi connectivity index (χ3v) is 4.81. The second-order valence-corrected chi connectivity index (χ2v) is 6.60. The highest BCUT2D eigenvalue weighted by Crippen LogP contribution is 2.19. The number of rotatable bonds is 5. The first-order valence-electron chi connectivity index (χ1n) is 8.86. The van der Waals surface area contributed by atoms with E-state index in [1.54, 1.807) is 4.90 Å². The molecule has 3 rings (SSSR count). The van der Waals surface area contributed by atoms with Gasteiger partial charge in [-0.1, -0.05) is 18.2 Å². The minimum absolute atomic E-state index is 0.143. The smallest absolute Gasteiger partial charge is 0.251 e. The van der Waals surface area contributed by atoms with E-state index in [4.69, 9.17) is 0 Å². The number of carbonyl (C=O) groups excluding carboxylic acids is 2. The number of aryl methyl sites for hydroxylation is 1. The zero-order chi connectivity index (χ0) is 17.8. The van der Waals surface area contributed by atoms with Crippen molar-refractivity contribution in [2.75, 3.05) is 26.2 Å². The topological polar surface area (TPSA) is 76.6 Å². The van der Waals surface area contributed by atoms with Crippen LogP contribution in [0.4, 0.5) is 0 Å².